The highest BCUT2D eigenvalue weighted by Gasteiger charge is 2.11. The van der Waals surface area contributed by atoms with Crippen molar-refractivity contribution in [3.8, 4) is 0 Å². The molecule has 0 unspecified atom stereocenters. The number of amides is 1. The van der Waals surface area contributed by atoms with Crippen LogP contribution in [0.3, 0.4) is 0 Å². The van der Waals surface area contributed by atoms with Crippen LogP contribution in [0.4, 0.5) is 0 Å². The van der Waals surface area contributed by atoms with Crippen molar-refractivity contribution in [3.05, 3.63) is 35.4 Å². The molecule has 1 aromatic carbocycles. The molecule has 0 aliphatic heterocycles. The van der Waals surface area contributed by atoms with Crippen LogP contribution in [0.1, 0.15) is 15.9 Å². The van der Waals surface area contributed by atoms with Crippen LogP contribution in [-0.4, -0.2) is 33.3 Å². The molecular formula is C10H12ClNO3S. The fraction of sp³-hybridized carbons (Fsp3) is 0.300. The lowest BCUT2D eigenvalue weighted by Gasteiger charge is -2.10. The Morgan fingerprint density at radius 1 is 1.38 bits per heavy atom. The first-order valence-electron chi connectivity index (χ1n) is 4.52. The maximum absolute atomic E-state index is 11.6. The van der Waals surface area contributed by atoms with Gasteiger partial charge in [-0.05, 0) is 17.7 Å². The van der Waals surface area contributed by atoms with Crippen molar-refractivity contribution in [2.75, 3.05) is 14.1 Å². The van der Waals surface area contributed by atoms with E-state index in [0.29, 0.717) is 11.1 Å². The molecular weight excluding hydrogens is 250 g/mol. The molecule has 0 aromatic heterocycles. The van der Waals surface area contributed by atoms with E-state index in [2.05, 4.69) is 0 Å². The third kappa shape index (κ3) is 3.83. The van der Waals surface area contributed by atoms with Gasteiger partial charge in [-0.3, -0.25) is 4.79 Å². The third-order valence-electron chi connectivity index (χ3n) is 1.92. The number of hydrogen-bond donors (Lipinski definition) is 0. The first-order chi connectivity index (χ1) is 7.29. The van der Waals surface area contributed by atoms with Crippen LogP contribution in [0.2, 0.25) is 0 Å². The predicted molar refractivity (Wildman–Crippen MR) is 62.9 cm³/mol. The van der Waals surface area contributed by atoms with Crippen molar-refractivity contribution < 1.29 is 13.2 Å². The van der Waals surface area contributed by atoms with E-state index in [0.717, 1.165) is 0 Å². The van der Waals surface area contributed by atoms with Crippen LogP contribution in [0.25, 0.3) is 0 Å². The summed E-state index contributed by atoms with van der Waals surface area (Å²) < 4.78 is 21.8. The van der Waals surface area contributed by atoms with Gasteiger partial charge in [-0.2, -0.15) is 0 Å². The minimum absolute atomic E-state index is 0.172. The van der Waals surface area contributed by atoms with E-state index >= 15 is 0 Å². The van der Waals surface area contributed by atoms with Gasteiger partial charge in [0.05, 0.1) is 5.75 Å². The van der Waals surface area contributed by atoms with E-state index in [4.69, 9.17) is 10.7 Å². The summed E-state index contributed by atoms with van der Waals surface area (Å²) in [5.41, 5.74) is 0.950. The molecule has 88 valence electrons. The van der Waals surface area contributed by atoms with Gasteiger partial charge in [-0.25, -0.2) is 8.42 Å². The predicted octanol–water partition coefficient (Wildman–Crippen LogP) is 1.46. The number of carbonyl (C=O) groups is 1. The lowest BCUT2D eigenvalue weighted by Crippen LogP contribution is -2.21. The molecule has 0 N–H and O–H groups in total. The molecule has 0 fully saturated rings. The maximum Gasteiger partial charge on any atom is 0.253 e. The second-order valence-corrected chi connectivity index (χ2v) is 6.36. The molecule has 0 saturated heterocycles. The van der Waals surface area contributed by atoms with Crippen molar-refractivity contribution in [2.45, 2.75) is 5.75 Å². The Bertz CT molecular complexity index is 497. The highest BCUT2D eigenvalue weighted by Crippen LogP contribution is 2.12. The van der Waals surface area contributed by atoms with Gasteiger partial charge in [0.15, 0.2) is 0 Å². The fourth-order valence-corrected chi connectivity index (χ4v) is 2.21. The van der Waals surface area contributed by atoms with Crippen LogP contribution >= 0.6 is 10.7 Å². The molecule has 4 nitrogen and oxygen atoms in total. The summed E-state index contributed by atoms with van der Waals surface area (Å²) in [7, 11) is 4.81. The van der Waals surface area contributed by atoms with Gasteiger partial charge >= 0.3 is 0 Å². The smallest absolute Gasteiger partial charge is 0.253 e. The Labute approximate surface area is 99.2 Å². The Morgan fingerprint density at radius 2 is 2.00 bits per heavy atom. The molecule has 16 heavy (non-hydrogen) atoms. The molecule has 0 radical (unpaired) electrons. The second-order valence-electron chi connectivity index (χ2n) is 3.58. The number of rotatable bonds is 3. The highest BCUT2D eigenvalue weighted by atomic mass is 35.7. The summed E-state index contributed by atoms with van der Waals surface area (Å²) in [6, 6.07) is 6.41. The first-order valence-corrected chi connectivity index (χ1v) is 7.00. The molecule has 1 amide bonds. The number of nitrogens with zero attached hydrogens (tertiary/aromatic N) is 1. The number of hydrogen-bond acceptors (Lipinski definition) is 3. The topological polar surface area (TPSA) is 54.5 Å². The molecule has 0 aliphatic carbocycles. The van der Waals surface area contributed by atoms with Crippen molar-refractivity contribution >= 4 is 25.6 Å². The minimum Gasteiger partial charge on any atom is -0.345 e. The normalized spacial score (nSPS) is 11.2. The molecule has 0 heterocycles. The average Bonchev–Trinajstić information content (AvgIpc) is 2.14. The SMILES string of the molecule is CN(C)C(=O)c1cccc(CS(=O)(=O)Cl)c1. The Kier molecular flexibility index (Phi) is 3.93. The lowest BCUT2D eigenvalue weighted by atomic mass is 10.1. The monoisotopic (exact) mass is 261 g/mol. The molecule has 0 saturated carbocycles. The quantitative estimate of drug-likeness (QED) is 0.774. The zero-order valence-corrected chi connectivity index (χ0v) is 10.5. The van der Waals surface area contributed by atoms with Crippen LogP contribution in [0.15, 0.2) is 24.3 Å². The molecule has 6 heteroatoms. The van der Waals surface area contributed by atoms with E-state index in [1.807, 2.05) is 0 Å². The van der Waals surface area contributed by atoms with E-state index in [-0.39, 0.29) is 11.7 Å². The standard InChI is InChI=1S/C10H12ClNO3S/c1-12(2)10(13)9-5-3-4-8(6-9)7-16(11,14)15/h3-6H,7H2,1-2H3. The largest absolute Gasteiger partial charge is 0.345 e. The van der Waals surface area contributed by atoms with Crippen molar-refractivity contribution in [1.29, 1.82) is 0 Å². The maximum atomic E-state index is 11.6. The van der Waals surface area contributed by atoms with Gasteiger partial charge in [0.25, 0.3) is 5.91 Å². The fourth-order valence-electron chi connectivity index (χ4n) is 1.25. The Hall–Kier alpha value is -1.07. The molecule has 0 bridgehead atoms. The number of halogens is 1. The second kappa shape index (κ2) is 4.84. The van der Waals surface area contributed by atoms with Gasteiger partial charge in [-0.1, -0.05) is 12.1 Å². The zero-order valence-electron chi connectivity index (χ0n) is 8.97. The molecule has 1 rings (SSSR count). The molecule has 0 spiro atoms. The van der Waals surface area contributed by atoms with Crippen LogP contribution < -0.4 is 0 Å². The van der Waals surface area contributed by atoms with Gasteiger partial charge in [-0.15, -0.1) is 0 Å². The van der Waals surface area contributed by atoms with E-state index in [1.165, 1.54) is 11.0 Å². The van der Waals surface area contributed by atoms with Gasteiger partial charge < -0.3 is 4.90 Å². The molecule has 1 aromatic rings. The van der Waals surface area contributed by atoms with Crippen molar-refractivity contribution in [2.24, 2.45) is 0 Å². The lowest BCUT2D eigenvalue weighted by molar-refractivity contribution is 0.0827. The summed E-state index contributed by atoms with van der Waals surface area (Å²) in [5.74, 6) is -0.447. The number of benzene rings is 1. The minimum atomic E-state index is -3.59. The van der Waals surface area contributed by atoms with Crippen molar-refractivity contribution in [3.63, 3.8) is 0 Å². The summed E-state index contributed by atoms with van der Waals surface area (Å²) in [6.45, 7) is 0. The summed E-state index contributed by atoms with van der Waals surface area (Å²) >= 11 is 0. The van der Waals surface area contributed by atoms with Crippen LogP contribution in [-0.2, 0) is 14.8 Å². The van der Waals surface area contributed by atoms with Crippen LogP contribution in [0, 0.1) is 0 Å². The van der Waals surface area contributed by atoms with Gasteiger partial charge in [0.1, 0.15) is 0 Å². The Balaban J connectivity index is 3.00. The molecule has 0 aliphatic rings. The first kappa shape index (κ1) is 13.0. The summed E-state index contributed by atoms with van der Waals surface area (Å²) in [6.07, 6.45) is 0. The average molecular weight is 262 g/mol. The Morgan fingerprint density at radius 3 is 2.50 bits per heavy atom. The highest BCUT2D eigenvalue weighted by molar-refractivity contribution is 8.13. The summed E-state index contributed by atoms with van der Waals surface area (Å²) in [5, 5.41) is 0. The van der Waals surface area contributed by atoms with E-state index < -0.39 is 9.05 Å². The zero-order chi connectivity index (χ0) is 12.3. The van der Waals surface area contributed by atoms with Gasteiger partial charge in [0, 0.05) is 30.3 Å². The van der Waals surface area contributed by atoms with E-state index in [1.54, 1.807) is 32.3 Å². The van der Waals surface area contributed by atoms with E-state index in [9.17, 15) is 13.2 Å². The van der Waals surface area contributed by atoms with Gasteiger partial charge in [0.2, 0.25) is 9.05 Å². The number of carbonyl (C=O) groups excluding carboxylic acids is 1. The summed E-state index contributed by atoms with van der Waals surface area (Å²) in [4.78, 5) is 13.0. The third-order valence-corrected chi connectivity index (χ3v) is 2.92. The van der Waals surface area contributed by atoms with Crippen molar-refractivity contribution in [1.82, 2.24) is 4.90 Å². The molecule has 0 atom stereocenters. The van der Waals surface area contributed by atoms with Crippen LogP contribution in [0.5, 0.6) is 0 Å².